The average Bonchev–Trinajstić information content (AvgIpc) is 1.52. The first-order valence-electron chi connectivity index (χ1n) is 27.8. The lowest BCUT2D eigenvalue weighted by Crippen LogP contribution is -2.55. The summed E-state index contributed by atoms with van der Waals surface area (Å²) >= 11 is 5.58. The van der Waals surface area contributed by atoms with Gasteiger partial charge in [0.15, 0.2) is 16.7 Å². The lowest BCUT2D eigenvalue weighted by molar-refractivity contribution is -0.132. The molecule has 6 aromatic rings. The molecule has 24 nitrogen and oxygen atoms in total. The van der Waals surface area contributed by atoms with Gasteiger partial charge in [0.05, 0.1) is 41.5 Å². The van der Waals surface area contributed by atoms with Crippen molar-refractivity contribution in [2.75, 3.05) is 57.5 Å². The molecule has 1 saturated heterocycles. The number of para-hydroxylation sites is 1. The van der Waals surface area contributed by atoms with Gasteiger partial charge >= 0.3 is 5.97 Å². The summed E-state index contributed by atoms with van der Waals surface area (Å²) < 4.78 is 40.2. The number of aromatic nitrogens is 1. The van der Waals surface area contributed by atoms with Crippen molar-refractivity contribution in [1.29, 1.82) is 5.26 Å². The zero-order chi connectivity index (χ0) is 62.9. The van der Waals surface area contributed by atoms with Gasteiger partial charge < -0.3 is 72.4 Å². The van der Waals surface area contributed by atoms with E-state index in [9.17, 15) is 57.8 Å². The number of hydrogen-bond acceptors (Lipinski definition) is 15. The first-order valence-corrected chi connectivity index (χ1v) is 28.2. The molecule has 27 heteroatoms. The average molecular weight is 1220 g/mol. The molecular formula is C61H61F2N13O11S. The molecule has 88 heavy (non-hydrogen) atoms. The molecular weight excluding hydrogens is 1160 g/mol. The molecule has 3 atom stereocenters. The Balaban J connectivity index is 0.805. The second-order valence-electron chi connectivity index (χ2n) is 21.1. The van der Waals surface area contributed by atoms with Gasteiger partial charge in [-0.15, -0.1) is 0 Å². The number of phenolic OH excluding ortho intramolecular Hbond substituents is 2. The highest BCUT2D eigenvalue weighted by Crippen LogP contribution is 2.57. The summed E-state index contributed by atoms with van der Waals surface area (Å²) in [5.41, 5.74) is 7.75. The van der Waals surface area contributed by atoms with Crippen molar-refractivity contribution >= 4 is 87.0 Å². The topological polar surface area (TPSA) is 344 Å². The summed E-state index contributed by atoms with van der Waals surface area (Å²) in [4.78, 5) is 106. The summed E-state index contributed by atoms with van der Waals surface area (Å²) in [5, 5.41) is 49.8. The third kappa shape index (κ3) is 14.3. The van der Waals surface area contributed by atoms with E-state index in [1.807, 2.05) is 0 Å². The zero-order valence-corrected chi connectivity index (χ0v) is 48.3. The molecule has 1 fully saturated rings. The molecule has 4 heterocycles. The van der Waals surface area contributed by atoms with Crippen LogP contribution in [0.15, 0.2) is 120 Å². The fourth-order valence-corrected chi connectivity index (χ4v) is 10.6. The van der Waals surface area contributed by atoms with Crippen molar-refractivity contribution in [3.8, 4) is 29.1 Å². The van der Waals surface area contributed by atoms with Crippen LogP contribution in [0.1, 0.15) is 75.1 Å². The summed E-state index contributed by atoms with van der Waals surface area (Å²) in [7, 11) is 3.42. The Bertz CT molecular complexity index is 3760. The number of carbonyl (C=O) groups excluding carboxylic acids is 7. The number of nitrogens with one attached hydrogen (secondary N) is 7. The number of carbonyl (C=O) groups is 7. The molecule has 9 rings (SSSR count). The molecule has 0 saturated carbocycles. The Morgan fingerprint density at radius 2 is 1.53 bits per heavy atom. The van der Waals surface area contributed by atoms with Crippen molar-refractivity contribution in [3.63, 3.8) is 0 Å². The number of nitriles is 1. The van der Waals surface area contributed by atoms with Crippen molar-refractivity contribution in [2.24, 2.45) is 10.7 Å². The van der Waals surface area contributed by atoms with E-state index < -0.39 is 90.6 Å². The number of aliphatic imine (C=N–C) groups is 1. The molecule has 456 valence electrons. The minimum absolute atomic E-state index is 0.0333. The minimum atomic E-state index is -3.24. The third-order valence-corrected chi connectivity index (χ3v) is 14.9. The molecule has 0 radical (unpaired) electrons. The van der Waals surface area contributed by atoms with Crippen molar-refractivity contribution < 1.29 is 62.0 Å². The van der Waals surface area contributed by atoms with Crippen LogP contribution < -0.4 is 47.7 Å². The lowest BCUT2D eigenvalue weighted by Gasteiger charge is -2.36. The number of aromatic hydroxyl groups is 2. The number of halogens is 2. The third-order valence-electron chi connectivity index (χ3n) is 14.7. The quantitative estimate of drug-likeness (QED) is 0.0157. The molecule has 1 spiro atoms. The highest BCUT2D eigenvalue weighted by molar-refractivity contribution is 7.80. The van der Waals surface area contributed by atoms with Crippen LogP contribution in [-0.2, 0) is 40.7 Å². The summed E-state index contributed by atoms with van der Waals surface area (Å²) in [6.45, 7) is -1.27. The number of amides is 6. The Morgan fingerprint density at radius 3 is 2.24 bits per heavy atom. The van der Waals surface area contributed by atoms with E-state index in [0.717, 1.165) is 10.5 Å². The van der Waals surface area contributed by atoms with E-state index in [1.54, 1.807) is 91.8 Å². The van der Waals surface area contributed by atoms with Crippen LogP contribution in [0.2, 0.25) is 0 Å². The number of nitrogens with zero attached hydrogens (tertiary/aromatic N) is 5. The molecule has 1 aromatic heterocycles. The van der Waals surface area contributed by atoms with Crippen LogP contribution in [0.5, 0.6) is 23.0 Å². The zero-order valence-electron chi connectivity index (χ0n) is 47.5. The summed E-state index contributed by atoms with van der Waals surface area (Å²) in [6.07, 6.45) is 0.145. The Morgan fingerprint density at radius 1 is 0.841 bits per heavy atom. The fourth-order valence-electron chi connectivity index (χ4n) is 10.4. The molecule has 0 unspecified atom stereocenters. The van der Waals surface area contributed by atoms with Gasteiger partial charge in [-0.3, -0.25) is 38.7 Å². The van der Waals surface area contributed by atoms with E-state index >= 15 is 0 Å². The van der Waals surface area contributed by atoms with Gasteiger partial charge in [-0.05, 0) is 79.2 Å². The molecule has 5 aromatic carbocycles. The van der Waals surface area contributed by atoms with Gasteiger partial charge in [0, 0.05) is 106 Å². The monoisotopic (exact) mass is 1220 g/mol. The number of ether oxygens (including phenoxy) is 2. The second-order valence-corrected chi connectivity index (χ2v) is 21.5. The van der Waals surface area contributed by atoms with Gasteiger partial charge in [-0.1, -0.05) is 48.5 Å². The lowest BCUT2D eigenvalue weighted by atomic mass is 9.77. The Hall–Kier alpha value is -10.5. The maximum absolute atomic E-state index is 14.3. The maximum atomic E-state index is 14.3. The molecule has 3 aliphatic heterocycles. The maximum Gasteiger partial charge on any atom is 0.340 e. The number of alkyl halides is 2. The number of fused-ring (bicyclic) bond motifs is 7. The molecule has 6 amide bonds. The first kappa shape index (κ1) is 62.1. The molecule has 0 bridgehead atoms. The summed E-state index contributed by atoms with van der Waals surface area (Å²) in [6, 6.07) is 26.9. The fraction of sp³-hybridized carbons (Fsp3) is 0.295. The molecule has 11 N–H and O–H groups in total. The highest BCUT2D eigenvalue weighted by Gasteiger charge is 2.54. The number of nitrogens with two attached hydrogens (primary N) is 1. The van der Waals surface area contributed by atoms with Crippen molar-refractivity contribution in [2.45, 2.75) is 68.2 Å². The van der Waals surface area contributed by atoms with Crippen molar-refractivity contribution in [3.05, 3.63) is 149 Å². The predicted octanol–water partition coefficient (Wildman–Crippen LogP) is 4.39. The van der Waals surface area contributed by atoms with Gasteiger partial charge in [0.1, 0.15) is 41.1 Å². The Kier molecular flexibility index (Phi) is 18.9. The number of esters is 1. The molecule has 0 aliphatic carbocycles. The minimum Gasteiger partial charge on any atom is -0.508 e. The number of likely N-dealkylation sites (tertiary alicyclic amines) is 1. The standard InChI is InChI=1S/C61H61F2N13O11S/c1-75(2)58(65)68-22-7-12-46(73-51(80)20-19-50(79)72-45-11-6-10-39-40(21-23-66-53(39)45)54(82)70-32-52(81)76-33-60(62,63)30-36(76)31-64)56(84)74-47(26-34-8-4-3-5-9-34)55(83)67-24-25-69-59(88)71-35-13-16-42-41(27-35)57(85)87-61(42)43-17-14-37(77)28-48(43)86-49-29-38(78)15-18-44(49)61/h3-6,8-11,13-18,21,23,27-29,36,46-47,77-78H,7,12,19-20,22,24-26,30,32-33H2,1-2H3,(H2,65,68)(H,67,83)(H,70,82)(H,72,79)(H,73,80)(H,74,84)(H2,69,71,88)/t36-,46-,47-/m0/s1. The first-order chi connectivity index (χ1) is 42.1. The van der Waals surface area contributed by atoms with E-state index in [1.165, 1.54) is 48.7 Å². The SMILES string of the molecule is CN(C)C(N)=NCCC[C@H](NC(=O)CCC(=O)Nc1cccc2c(C(=O)NCC(=O)N3CC(F)(F)C[C@H]3C#N)ccnc12)C(=O)N[C@@H](Cc1ccccc1)C(=O)NCCNC(=S)Nc1ccc2c(c1)C(=O)OC21c2ccc(O)cc2Oc2cc(O)ccc21. The number of anilines is 2. The van der Waals surface area contributed by atoms with Crippen LogP contribution in [0, 0.1) is 11.3 Å². The van der Waals surface area contributed by atoms with Crippen molar-refractivity contribution in [1.82, 2.24) is 41.4 Å². The largest absolute Gasteiger partial charge is 0.508 e. The number of rotatable bonds is 21. The van der Waals surface area contributed by atoms with E-state index in [2.05, 4.69) is 47.2 Å². The number of phenols is 2. The number of hydrogen-bond donors (Lipinski definition) is 10. The van der Waals surface area contributed by atoms with Crippen LogP contribution in [0.3, 0.4) is 0 Å². The van der Waals surface area contributed by atoms with Crippen LogP contribution in [0.25, 0.3) is 10.9 Å². The predicted molar refractivity (Wildman–Crippen MR) is 321 cm³/mol. The highest BCUT2D eigenvalue weighted by atomic mass is 32.1. The van der Waals surface area contributed by atoms with E-state index in [4.69, 9.17) is 27.4 Å². The van der Waals surface area contributed by atoms with Crippen LogP contribution >= 0.6 is 12.2 Å². The second kappa shape index (κ2) is 26.8. The smallest absolute Gasteiger partial charge is 0.340 e. The van der Waals surface area contributed by atoms with E-state index in [0.29, 0.717) is 22.4 Å². The Labute approximate surface area is 507 Å². The summed E-state index contributed by atoms with van der Waals surface area (Å²) in [5.74, 6) is -7.46. The normalized spacial score (nSPS) is 15.6. The van der Waals surface area contributed by atoms with E-state index in [-0.39, 0.29) is 114 Å². The number of pyridine rings is 1. The van der Waals surface area contributed by atoms with Crippen LogP contribution in [0.4, 0.5) is 20.2 Å². The van der Waals surface area contributed by atoms with Gasteiger partial charge in [0.25, 0.3) is 11.8 Å². The van der Waals surface area contributed by atoms with Crippen LogP contribution in [-0.4, -0.2) is 148 Å². The van der Waals surface area contributed by atoms with Gasteiger partial charge in [-0.25, -0.2) is 13.6 Å². The number of thiocarbonyl (C=S) groups is 1. The number of benzene rings is 5. The molecule has 3 aliphatic rings. The van der Waals surface area contributed by atoms with Gasteiger partial charge in [-0.2, -0.15) is 5.26 Å². The number of guanidine groups is 1. The van der Waals surface area contributed by atoms with Gasteiger partial charge in [0.2, 0.25) is 29.5 Å².